The first kappa shape index (κ1) is 18.0. The van der Waals surface area contributed by atoms with Crippen LogP contribution in [0.2, 0.25) is 0 Å². The molecular formula is C26H22N2S. The van der Waals surface area contributed by atoms with Crippen LogP contribution in [0.15, 0.2) is 79.0 Å². The highest BCUT2D eigenvalue weighted by molar-refractivity contribution is 7.26. The summed E-state index contributed by atoms with van der Waals surface area (Å²) in [6.07, 6.45) is 1.93. The number of aromatic nitrogens is 2. The first-order chi connectivity index (χ1) is 14.0. The normalized spacial score (nSPS) is 12.0. The molecule has 0 saturated heterocycles. The number of hydrogen-bond donors (Lipinski definition) is 0. The Balaban J connectivity index is 1.68. The fourth-order valence-corrected chi connectivity index (χ4v) is 5.20. The zero-order valence-corrected chi connectivity index (χ0v) is 17.6. The van der Waals surface area contributed by atoms with Crippen LogP contribution in [-0.2, 0) is 5.41 Å². The van der Waals surface area contributed by atoms with Crippen LogP contribution in [0.25, 0.3) is 31.6 Å². The molecule has 3 heteroatoms. The number of pyridine rings is 2. The van der Waals surface area contributed by atoms with Gasteiger partial charge in [-0.15, -0.1) is 11.3 Å². The number of fused-ring (bicyclic) bond motifs is 3. The molecule has 29 heavy (non-hydrogen) atoms. The Bertz CT molecular complexity index is 1330. The van der Waals surface area contributed by atoms with Gasteiger partial charge in [0.2, 0.25) is 0 Å². The van der Waals surface area contributed by atoms with Gasteiger partial charge < -0.3 is 0 Å². The molecule has 3 heterocycles. The predicted molar refractivity (Wildman–Crippen MR) is 124 cm³/mol. The number of aryl methyl sites for hydroxylation is 1. The fraction of sp³-hybridized carbons (Fsp3) is 0.154. The van der Waals surface area contributed by atoms with Crippen LogP contribution in [0.1, 0.15) is 30.7 Å². The van der Waals surface area contributed by atoms with E-state index in [1.54, 1.807) is 11.3 Å². The lowest BCUT2D eigenvalue weighted by molar-refractivity contribution is 0.640. The molecule has 2 nitrogen and oxygen atoms in total. The molecule has 5 aromatic rings. The monoisotopic (exact) mass is 394 g/mol. The molecule has 0 amide bonds. The predicted octanol–water partition coefficient (Wildman–Crippen LogP) is 7.15. The molecular weight excluding hydrogens is 372 g/mol. The topological polar surface area (TPSA) is 25.8 Å². The maximum Gasteiger partial charge on any atom is 0.124 e. The highest BCUT2D eigenvalue weighted by Gasteiger charge is 2.24. The molecule has 0 radical (unpaired) electrons. The van der Waals surface area contributed by atoms with Gasteiger partial charge in [-0.3, -0.25) is 4.98 Å². The fourth-order valence-electron chi connectivity index (χ4n) is 3.96. The Labute approximate surface area is 174 Å². The van der Waals surface area contributed by atoms with Gasteiger partial charge in [0.05, 0.1) is 5.69 Å². The van der Waals surface area contributed by atoms with Gasteiger partial charge in [0.25, 0.3) is 0 Å². The molecule has 0 aliphatic rings. The third kappa shape index (κ3) is 3.02. The van der Waals surface area contributed by atoms with Crippen molar-refractivity contribution in [3.63, 3.8) is 0 Å². The lowest BCUT2D eigenvalue weighted by atomic mass is 9.78. The molecule has 0 saturated carbocycles. The minimum Gasteiger partial charge on any atom is -0.256 e. The molecule has 2 aromatic carbocycles. The number of thiophene rings is 1. The Kier molecular flexibility index (Phi) is 4.21. The average Bonchev–Trinajstić information content (AvgIpc) is 3.12. The number of hydrogen-bond acceptors (Lipinski definition) is 3. The van der Waals surface area contributed by atoms with Crippen LogP contribution in [0.3, 0.4) is 0 Å². The van der Waals surface area contributed by atoms with E-state index in [9.17, 15) is 0 Å². The Morgan fingerprint density at radius 3 is 2.45 bits per heavy atom. The van der Waals surface area contributed by atoms with E-state index in [1.165, 1.54) is 32.2 Å². The summed E-state index contributed by atoms with van der Waals surface area (Å²) in [6.45, 7) is 6.59. The van der Waals surface area contributed by atoms with Crippen molar-refractivity contribution in [2.75, 3.05) is 0 Å². The molecule has 0 aliphatic carbocycles. The smallest absolute Gasteiger partial charge is 0.124 e. The molecule has 0 bridgehead atoms. The highest BCUT2D eigenvalue weighted by atomic mass is 32.1. The quantitative estimate of drug-likeness (QED) is 0.325. The molecule has 142 valence electrons. The second kappa shape index (κ2) is 6.78. The molecule has 5 rings (SSSR count). The Hall–Kier alpha value is -3.04. The largest absolute Gasteiger partial charge is 0.256 e. The van der Waals surface area contributed by atoms with Crippen molar-refractivity contribution in [3.05, 3.63) is 95.8 Å². The van der Waals surface area contributed by atoms with Gasteiger partial charge in [0.1, 0.15) is 4.83 Å². The maximum absolute atomic E-state index is 4.74. The molecule has 0 atom stereocenters. The summed E-state index contributed by atoms with van der Waals surface area (Å²) >= 11 is 1.76. The van der Waals surface area contributed by atoms with Gasteiger partial charge in [-0.1, -0.05) is 62.4 Å². The van der Waals surface area contributed by atoms with E-state index in [2.05, 4.69) is 86.6 Å². The summed E-state index contributed by atoms with van der Waals surface area (Å²) in [5, 5.41) is 2.47. The lowest BCUT2D eigenvalue weighted by Crippen LogP contribution is -2.18. The maximum atomic E-state index is 4.74. The van der Waals surface area contributed by atoms with Crippen LogP contribution in [0.5, 0.6) is 0 Å². The molecule has 3 aromatic heterocycles. The van der Waals surface area contributed by atoms with Crippen LogP contribution < -0.4 is 0 Å². The summed E-state index contributed by atoms with van der Waals surface area (Å²) in [5.41, 5.74) is 5.72. The lowest BCUT2D eigenvalue weighted by Gasteiger charge is -2.26. The number of rotatable bonds is 3. The van der Waals surface area contributed by atoms with Crippen molar-refractivity contribution in [2.24, 2.45) is 0 Å². The van der Waals surface area contributed by atoms with E-state index in [0.29, 0.717) is 0 Å². The minimum absolute atomic E-state index is 0.0916. The van der Waals surface area contributed by atoms with E-state index in [1.807, 2.05) is 13.1 Å². The molecule has 0 aliphatic heterocycles. The first-order valence-electron chi connectivity index (χ1n) is 9.85. The average molecular weight is 395 g/mol. The highest BCUT2D eigenvalue weighted by Crippen LogP contribution is 2.40. The first-order valence-corrected chi connectivity index (χ1v) is 10.7. The van der Waals surface area contributed by atoms with Gasteiger partial charge >= 0.3 is 0 Å². The van der Waals surface area contributed by atoms with E-state index < -0.39 is 0 Å². The van der Waals surface area contributed by atoms with Gasteiger partial charge in [-0.25, -0.2) is 4.98 Å². The SMILES string of the molecule is Cc1ccc2c(n1)sc1c(-c3cc(C(C)(C)c4ccccc4)ccn3)cccc12. The molecule has 0 fully saturated rings. The van der Waals surface area contributed by atoms with E-state index in [-0.39, 0.29) is 5.41 Å². The van der Waals surface area contributed by atoms with E-state index in [0.717, 1.165) is 16.2 Å². The Morgan fingerprint density at radius 2 is 1.62 bits per heavy atom. The Morgan fingerprint density at radius 1 is 0.793 bits per heavy atom. The van der Waals surface area contributed by atoms with Crippen molar-refractivity contribution in [2.45, 2.75) is 26.2 Å². The van der Waals surface area contributed by atoms with Crippen molar-refractivity contribution in [1.82, 2.24) is 9.97 Å². The van der Waals surface area contributed by atoms with E-state index >= 15 is 0 Å². The van der Waals surface area contributed by atoms with Crippen LogP contribution in [0, 0.1) is 6.92 Å². The second-order valence-electron chi connectivity index (χ2n) is 8.01. The van der Waals surface area contributed by atoms with Crippen molar-refractivity contribution in [1.29, 1.82) is 0 Å². The van der Waals surface area contributed by atoms with Gasteiger partial charge in [-0.2, -0.15) is 0 Å². The zero-order valence-electron chi connectivity index (χ0n) is 16.8. The summed E-state index contributed by atoms with van der Waals surface area (Å²) < 4.78 is 1.25. The van der Waals surface area contributed by atoms with Gasteiger partial charge in [0.15, 0.2) is 0 Å². The summed E-state index contributed by atoms with van der Waals surface area (Å²) in [4.78, 5) is 10.6. The van der Waals surface area contributed by atoms with Gasteiger partial charge in [-0.05, 0) is 42.3 Å². The number of nitrogens with zero attached hydrogens (tertiary/aromatic N) is 2. The summed E-state index contributed by atoms with van der Waals surface area (Å²) in [5.74, 6) is 0. The summed E-state index contributed by atoms with van der Waals surface area (Å²) in [7, 11) is 0. The van der Waals surface area contributed by atoms with E-state index in [4.69, 9.17) is 9.97 Å². The van der Waals surface area contributed by atoms with Crippen LogP contribution in [0.4, 0.5) is 0 Å². The standard InChI is InChI=1S/C26H22N2S/c1-17-12-13-21-20-10-7-11-22(24(20)29-25(21)28-17)23-16-19(14-15-27-23)26(2,3)18-8-5-4-6-9-18/h4-16H,1-3H3. The van der Waals surface area contributed by atoms with Crippen molar-refractivity contribution >= 4 is 31.6 Å². The molecule has 0 spiro atoms. The number of benzene rings is 2. The second-order valence-corrected chi connectivity index (χ2v) is 9.01. The van der Waals surface area contributed by atoms with Gasteiger partial charge in [0, 0.05) is 38.3 Å². The molecule has 0 N–H and O–H groups in total. The minimum atomic E-state index is -0.0916. The van der Waals surface area contributed by atoms with Crippen LogP contribution >= 0.6 is 11.3 Å². The zero-order chi connectivity index (χ0) is 20.0. The molecule has 0 unspecified atom stereocenters. The third-order valence-corrected chi connectivity index (χ3v) is 6.91. The summed E-state index contributed by atoms with van der Waals surface area (Å²) in [6, 6.07) is 25.8. The third-order valence-electron chi connectivity index (χ3n) is 5.76. The van der Waals surface area contributed by atoms with Crippen molar-refractivity contribution in [3.8, 4) is 11.3 Å². The van der Waals surface area contributed by atoms with Crippen LogP contribution in [-0.4, -0.2) is 9.97 Å². The van der Waals surface area contributed by atoms with Crippen molar-refractivity contribution < 1.29 is 0 Å².